The van der Waals surface area contributed by atoms with Crippen LogP contribution >= 0.6 is 11.8 Å². The van der Waals surface area contributed by atoms with Crippen LogP contribution in [0.4, 0.5) is 0 Å². The Labute approximate surface area is 108 Å². The summed E-state index contributed by atoms with van der Waals surface area (Å²) in [6.07, 6.45) is 1.61. The van der Waals surface area contributed by atoms with Gasteiger partial charge < -0.3 is 4.90 Å². The van der Waals surface area contributed by atoms with E-state index in [4.69, 9.17) is 0 Å². The molecule has 7 heteroatoms. The smallest absolute Gasteiger partial charge is 0.255 e. The minimum absolute atomic E-state index is 0.0374. The average molecular weight is 263 g/mol. The van der Waals surface area contributed by atoms with Gasteiger partial charge in [0, 0.05) is 37.8 Å². The monoisotopic (exact) mass is 263 g/mol. The number of rotatable bonds is 1. The van der Waals surface area contributed by atoms with Gasteiger partial charge in [-0.25, -0.2) is 9.67 Å². The van der Waals surface area contributed by atoms with E-state index < -0.39 is 0 Å². The zero-order valence-corrected chi connectivity index (χ0v) is 10.9. The first-order valence-electron chi connectivity index (χ1n) is 5.78. The van der Waals surface area contributed by atoms with Gasteiger partial charge in [0.05, 0.1) is 5.56 Å². The number of carbonyl (C=O) groups is 1. The standard InChI is InChI=1S/C11H13N5OS/c1-15-10-9(13-14-15)6-8(7-12-10)11(17)16-2-4-18-5-3-16/h6-7H,2-5H2,1H3. The molecule has 1 fully saturated rings. The first kappa shape index (κ1) is 11.5. The van der Waals surface area contributed by atoms with Crippen LogP contribution in [0.25, 0.3) is 11.2 Å². The molecule has 0 radical (unpaired) electrons. The number of thioether (sulfide) groups is 1. The number of hydrogen-bond donors (Lipinski definition) is 0. The highest BCUT2D eigenvalue weighted by atomic mass is 32.2. The molecule has 3 rings (SSSR count). The summed E-state index contributed by atoms with van der Waals surface area (Å²) in [7, 11) is 1.78. The number of hydrogen-bond acceptors (Lipinski definition) is 5. The van der Waals surface area contributed by atoms with Crippen molar-refractivity contribution in [3.8, 4) is 0 Å². The summed E-state index contributed by atoms with van der Waals surface area (Å²) in [5.41, 5.74) is 1.95. The van der Waals surface area contributed by atoms with E-state index >= 15 is 0 Å². The van der Waals surface area contributed by atoms with E-state index in [1.807, 2.05) is 16.7 Å². The summed E-state index contributed by atoms with van der Waals surface area (Å²) >= 11 is 1.88. The van der Waals surface area contributed by atoms with Crippen molar-refractivity contribution in [2.75, 3.05) is 24.6 Å². The molecule has 3 heterocycles. The van der Waals surface area contributed by atoms with Crippen LogP contribution in [0.5, 0.6) is 0 Å². The van der Waals surface area contributed by atoms with E-state index in [2.05, 4.69) is 15.3 Å². The van der Waals surface area contributed by atoms with Crippen molar-refractivity contribution in [2.24, 2.45) is 7.05 Å². The molecule has 0 saturated carbocycles. The predicted molar refractivity (Wildman–Crippen MR) is 69.5 cm³/mol. The molecule has 0 aliphatic carbocycles. The second-order valence-corrected chi connectivity index (χ2v) is 5.41. The lowest BCUT2D eigenvalue weighted by molar-refractivity contribution is 0.0772. The zero-order chi connectivity index (χ0) is 12.5. The quantitative estimate of drug-likeness (QED) is 0.752. The van der Waals surface area contributed by atoms with E-state index in [1.54, 1.807) is 24.0 Å². The van der Waals surface area contributed by atoms with Crippen LogP contribution in [0.2, 0.25) is 0 Å². The lowest BCUT2D eigenvalue weighted by Gasteiger charge is -2.26. The number of aromatic nitrogens is 4. The molecule has 94 valence electrons. The van der Waals surface area contributed by atoms with Crippen LogP contribution in [-0.2, 0) is 7.05 Å². The number of amides is 1. The van der Waals surface area contributed by atoms with Crippen LogP contribution in [0, 0.1) is 0 Å². The Balaban J connectivity index is 1.91. The van der Waals surface area contributed by atoms with Crippen molar-refractivity contribution in [1.29, 1.82) is 0 Å². The Bertz CT molecular complexity index is 590. The molecule has 1 saturated heterocycles. The molecule has 6 nitrogen and oxygen atoms in total. The summed E-state index contributed by atoms with van der Waals surface area (Å²) in [6.45, 7) is 1.62. The predicted octanol–water partition coefficient (Wildman–Crippen LogP) is 0.552. The molecule has 0 atom stereocenters. The fourth-order valence-electron chi connectivity index (χ4n) is 1.99. The highest BCUT2D eigenvalue weighted by Gasteiger charge is 2.19. The Morgan fingerprint density at radius 2 is 2.17 bits per heavy atom. The van der Waals surface area contributed by atoms with E-state index in [-0.39, 0.29) is 5.91 Å². The van der Waals surface area contributed by atoms with Gasteiger partial charge in [-0.05, 0) is 6.07 Å². The maximum Gasteiger partial charge on any atom is 0.255 e. The zero-order valence-electron chi connectivity index (χ0n) is 10.0. The Kier molecular flexibility index (Phi) is 2.91. The van der Waals surface area contributed by atoms with Crippen LogP contribution < -0.4 is 0 Å². The Morgan fingerprint density at radius 1 is 1.39 bits per heavy atom. The minimum Gasteiger partial charge on any atom is -0.337 e. The highest BCUT2D eigenvalue weighted by molar-refractivity contribution is 7.99. The third-order valence-electron chi connectivity index (χ3n) is 2.99. The fraction of sp³-hybridized carbons (Fsp3) is 0.455. The summed E-state index contributed by atoms with van der Waals surface area (Å²) in [6, 6.07) is 1.76. The van der Waals surface area contributed by atoms with Gasteiger partial charge in [-0.15, -0.1) is 5.10 Å². The molecule has 0 N–H and O–H groups in total. The second-order valence-electron chi connectivity index (χ2n) is 4.18. The van der Waals surface area contributed by atoms with Crippen LogP contribution in [0.3, 0.4) is 0 Å². The van der Waals surface area contributed by atoms with Gasteiger partial charge in [0.25, 0.3) is 5.91 Å². The van der Waals surface area contributed by atoms with Crippen molar-refractivity contribution >= 4 is 28.8 Å². The summed E-state index contributed by atoms with van der Waals surface area (Å²) in [5.74, 6) is 2.05. The number of carbonyl (C=O) groups excluding carboxylic acids is 1. The lowest BCUT2D eigenvalue weighted by Crippen LogP contribution is -2.37. The van der Waals surface area contributed by atoms with Crippen LogP contribution in [0.15, 0.2) is 12.3 Å². The molecule has 0 aromatic carbocycles. The molecule has 1 aliphatic rings. The van der Waals surface area contributed by atoms with Gasteiger partial charge in [-0.1, -0.05) is 5.21 Å². The Hall–Kier alpha value is -1.63. The molecule has 2 aromatic rings. The maximum atomic E-state index is 12.3. The molecule has 0 bridgehead atoms. The summed E-state index contributed by atoms with van der Waals surface area (Å²) in [4.78, 5) is 18.4. The first-order chi connectivity index (χ1) is 8.75. The van der Waals surface area contributed by atoms with Gasteiger partial charge in [0.1, 0.15) is 5.52 Å². The summed E-state index contributed by atoms with van der Waals surface area (Å²) in [5, 5.41) is 7.87. The molecular formula is C11H13N5OS. The number of fused-ring (bicyclic) bond motifs is 1. The van der Waals surface area contributed by atoms with Gasteiger partial charge in [0.15, 0.2) is 5.65 Å². The summed E-state index contributed by atoms with van der Waals surface area (Å²) < 4.78 is 1.60. The average Bonchev–Trinajstić information content (AvgIpc) is 2.80. The van der Waals surface area contributed by atoms with Crippen molar-refractivity contribution in [3.63, 3.8) is 0 Å². The number of aryl methyl sites for hydroxylation is 1. The maximum absolute atomic E-state index is 12.3. The molecular weight excluding hydrogens is 250 g/mol. The van der Waals surface area contributed by atoms with E-state index in [0.717, 1.165) is 24.6 Å². The van der Waals surface area contributed by atoms with Gasteiger partial charge in [-0.3, -0.25) is 4.79 Å². The topological polar surface area (TPSA) is 63.9 Å². The van der Waals surface area contributed by atoms with E-state index in [1.165, 1.54) is 0 Å². The fourth-order valence-corrected chi connectivity index (χ4v) is 2.90. The van der Waals surface area contributed by atoms with Gasteiger partial charge in [0.2, 0.25) is 0 Å². The van der Waals surface area contributed by atoms with Crippen LogP contribution in [-0.4, -0.2) is 55.4 Å². The highest BCUT2D eigenvalue weighted by Crippen LogP contribution is 2.15. The van der Waals surface area contributed by atoms with E-state index in [9.17, 15) is 4.79 Å². The second kappa shape index (κ2) is 4.56. The third kappa shape index (κ3) is 1.94. The van der Waals surface area contributed by atoms with Crippen molar-refractivity contribution < 1.29 is 4.79 Å². The SMILES string of the molecule is Cn1nnc2cc(C(=O)N3CCSCC3)cnc21. The van der Waals surface area contributed by atoms with Crippen LogP contribution in [0.1, 0.15) is 10.4 Å². The Morgan fingerprint density at radius 3 is 2.94 bits per heavy atom. The minimum atomic E-state index is 0.0374. The molecule has 1 aliphatic heterocycles. The molecule has 18 heavy (non-hydrogen) atoms. The molecule has 1 amide bonds. The normalized spacial score (nSPS) is 16.2. The van der Waals surface area contributed by atoms with Crippen molar-refractivity contribution in [1.82, 2.24) is 24.9 Å². The lowest BCUT2D eigenvalue weighted by atomic mass is 10.2. The van der Waals surface area contributed by atoms with Crippen molar-refractivity contribution in [2.45, 2.75) is 0 Å². The largest absolute Gasteiger partial charge is 0.337 e. The molecule has 0 unspecified atom stereocenters. The third-order valence-corrected chi connectivity index (χ3v) is 3.93. The molecule has 0 spiro atoms. The van der Waals surface area contributed by atoms with Crippen molar-refractivity contribution in [3.05, 3.63) is 17.8 Å². The van der Waals surface area contributed by atoms with Gasteiger partial charge in [-0.2, -0.15) is 11.8 Å². The first-order valence-corrected chi connectivity index (χ1v) is 6.93. The number of nitrogens with zero attached hydrogens (tertiary/aromatic N) is 5. The van der Waals surface area contributed by atoms with Gasteiger partial charge >= 0.3 is 0 Å². The number of pyridine rings is 1. The molecule has 2 aromatic heterocycles. The van der Waals surface area contributed by atoms with E-state index in [0.29, 0.717) is 16.7 Å².